The number of hydrogen-bond donors (Lipinski definition) is 1. The van der Waals surface area contributed by atoms with Gasteiger partial charge >= 0.3 is 6.18 Å². The summed E-state index contributed by atoms with van der Waals surface area (Å²) in [5.41, 5.74) is 1.36. The minimum absolute atomic E-state index is 0.253. The molecule has 1 spiro atoms. The Kier molecular flexibility index (Phi) is 3.63. The number of alkyl halides is 3. The van der Waals surface area contributed by atoms with Crippen molar-refractivity contribution in [3.8, 4) is 0 Å². The lowest BCUT2D eigenvalue weighted by molar-refractivity contribution is -0.127. The molecule has 2 aliphatic rings. The molecule has 128 valence electrons. The Bertz CT molecular complexity index is 745. The van der Waals surface area contributed by atoms with E-state index in [4.69, 9.17) is 0 Å². The van der Waals surface area contributed by atoms with Gasteiger partial charge in [0.05, 0.1) is 11.9 Å². The highest BCUT2D eigenvalue weighted by molar-refractivity contribution is 5.89. The molecule has 0 amide bonds. The Morgan fingerprint density at radius 2 is 1.88 bits per heavy atom. The molecule has 0 aliphatic carbocycles. The van der Waals surface area contributed by atoms with Crippen LogP contribution in [0.25, 0.3) is 10.9 Å². The summed E-state index contributed by atoms with van der Waals surface area (Å²) >= 11 is 0. The smallest absolute Gasteiger partial charge is 0.356 e. The normalized spacial score (nSPS) is 20.4. The van der Waals surface area contributed by atoms with Gasteiger partial charge in [-0.2, -0.15) is 13.2 Å². The maximum Gasteiger partial charge on any atom is 0.393 e. The molecule has 0 bridgehead atoms. The lowest BCUT2D eigenvalue weighted by atomic mass is 9.73. The minimum Gasteiger partial charge on any atom is -0.356 e. The van der Waals surface area contributed by atoms with Crippen LogP contribution in [0.1, 0.15) is 18.4 Å². The van der Waals surface area contributed by atoms with Crippen LogP contribution < -0.4 is 10.2 Å². The maximum absolute atomic E-state index is 12.7. The standard InChI is InChI=1S/C17H19F3N4/c18-17(19,20)8-12-1-2-14-13(7-12)15(23-11-22-14)24-5-3-16(4-6-24)9-21-10-16/h1-2,7,11,21H,3-6,8-10H2. The van der Waals surface area contributed by atoms with Crippen molar-refractivity contribution in [2.24, 2.45) is 5.41 Å². The molecule has 7 heteroatoms. The topological polar surface area (TPSA) is 41.1 Å². The molecule has 0 unspecified atom stereocenters. The van der Waals surface area contributed by atoms with Gasteiger partial charge in [-0.25, -0.2) is 9.97 Å². The number of fused-ring (bicyclic) bond motifs is 1. The number of aromatic nitrogens is 2. The summed E-state index contributed by atoms with van der Waals surface area (Å²) < 4.78 is 38.0. The molecule has 24 heavy (non-hydrogen) atoms. The van der Waals surface area contributed by atoms with E-state index in [0.717, 1.165) is 44.8 Å². The zero-order chi connectivity index (χ0) is 16.8. The van der Waals surface area contributed by atoms with Crippen LogP contribution in [0, 0.1) is 5.41 Å². The van der Waals surface area contributed by atoms with Gasteiger partial charge in [0.2, 0.25) is 0 Å². The number of halogens is 3. The summed E-state index contributed by atoms with van der Waals surface area (Å²) in [6.45, 7) is 3.91. The predicted octanol–water partition coefficient (Wildman–Crippen LogP) is 2.92. The molecular formula is C17H19F3N4. The van der Waals surface area contributed by atoms with Crippen molar-refractivity contribution in [1.82, 2.24) is 15.3 Å². The number of benzene rings is 1. The number of hydrogen-bond acceptors (Lipinski definition) is 4. The first-order valence-corrected chi connectivity index (χ1v) is 8.20. The first kappa shape index (κ1) is 15.6. The highest BCUT2D eigenvalue weighted by atomic mass is 19.4. The number of rotatable bonds is 2. The molecule has 0 saturated carbocycles. The Balaban J connectivity index is 1.63. The van der Waals surface area contributed by atoms with E-state index in [1.165, 1.54) is 12.4 Å². The number of nitrogens with one attached hydrogen (secondary N) is 1. The van der Waals surface area contributed by atoms with Gasteiger partial charge in [0.15, 0.2) is 0 Å². The van der Waals surface area contributed by atoms with E-state index < -0.39 is 12.6 Å². The molecule has 1 aromatic heterocycles. The van der Waals surface area contributed by atoms with E-state index in [9.17, 15) is 13.2 Å². The van der Waals surface area contributed by atoms with Crippen molar-refractivity contribution in [2.45, 2.75) is 25.4 Å². The van der Waals surface area contributed by atoms with Crippen molar-refractivity contribution in [2.75, 3.05) is 31.1 Å². The molecule has 2 fully saturated rings. The molecule has 4 nitrogen and oxygen atoms in total. The summed E-state index contributed by atoms with van der Waals surface area (Å²) in [7, 11) is 0. The van der Waals surface area contributed by atoms with Crippen LogP contribution in [0.4, 0.5) is 19.0 Å². The van der Waals surface area contributed by atoms with E-state index in [-0.39, 0.29) is 5.56 Å². The van der Waals surface area contributed by atoms with Gasteiger partial charge in [-0.3, -0.25) is 0 Å². The van der Waals surface area contributed by atoms with Crippen molar-refractivity contribution in [3.05, 3.63) is 30.1 Å². The second-order valence-electron chi connectivity index (χ2n) is 6.93. The molecule has 2 aliphatic heterocycles. The lowest BCUT2D eigenvalue weighted by Crippen LogP contribution is -2.58. The second-order valence-corrected chi connectivity index (χ2v) is 6.93. The summed E-state index contributed by atoms with van der Waals surface area (Å²) in [5.74, 6) is 0.756. The summed E-state index contributed by atoms with van der Waals surface area (Å²) in [6.07, 6.45) is -1.46. The van der Waals surface area contributed by atoms with Crippen LogP contribution in [-0.4, -0.2) is 42.3 Å². The van der Waals surface area contributed by atoms with Gasteiger partial charge in [-0.15, -0.1) is 0 Å². The molecule has 4 rings (SSSR count). The van der Waals surface area contributed by atoms with Crippen molar-refractivity contribution >= 4 is 16.7 Å². The molecular weight excluding hydrogens is 317 g/mol. The number of anilines is 1. The van der Waals surface area contributed by atoms with Gasteiger partial charge in [0, 0.05) is 31.6 Å². The van der Waals surface area contributed by atoms with E-state index in [2.05, 4.69) is 20.2 Å². The van der Waals surface area contributed by atoms with Gasteiger partial charge in [0.25, 0.3) is 0 Å². The third-order valence-corrected chi connectivity index (χ3v) is 5.21. The molecule has 0 radical (unpaired) electrons. The zero-order valence-electron chi connectivity index (χ0n) is 13.2. The fourth-order valence-electron chi connectivity index (χ4n) is 3.71. The largest absolute Gasteiger partial charge is 0.393 e. The molecule has 0 atom stereocenters. The second kappa shape index (κ2) is 5.58. The van der Waals surface area contributed by atoms with Crippen LogP contribution in [-0.2, 0) is 6.42 Å². The van der Waals surface area contributed by atoms with E-state index in [1.807, 2.05) is 0 Å². The average molecular weight is 336 g/mol. The SMILES string of the molecule is FC(F)(F)Cc1ccc2ncnc(N3CCC4(CC3)CNC4)c2c1. The summed E-state index contributed by atoms with van der Waals surface area (Å²) in [6, 6.07) is 4.74. The van der Waals surface area contributed by atoms with E-state index in [0.29, 0.717) is 16.3 Å². The Morgan fingerprint density at radius 3 is 2.50 bits per heavy atom. The monoisotopic (exact) mass is 336 g/mol. The quantitative estimate of drug-likeness (QED) is 0.916. The first-order chi connectivity index (χ1) is 11.4. The Hall–Kier alpha value is -1.89. The average Bonchev–Trinajstić information content (AvgIpc) is 2.51. The van der Waals surface area contributed by atoms with Crippen molar-refractivity contribution < 1.29 is 13.2 Å². The fraction of sp³-hybridized carbons (Fsp3) is 0.529. The van der Waals surface area contributed by atoms with Crippen LogP contribution in [0.15, 0.2) is 24.5 Å². The molecule has 1 aromatic carbocycles. The molecule has 2 saturated heterocycles. The zero-order valence-corrected chi connectivity index (χ0v) is 13.2. The predicted molar refractivity (Wildman–Crippen MR) is 86.0 cm³/mol. The van der Waals surface area contributed by atoms with Crippen molar-refractivity contribution in [1.29, 1.82) is 0 Å². The number of nitrogens with zero attached hydrogens (tertiary/aromatic N) is 3. The minimum atomic E-state index is -4.21. The fourth-order valence-corrected chi connectivity index (χ4v) is 3.71. The van der Waals surface area contributed by atoms with Gasteiger partial charge in [-0.05, 0) is 36.0 Å². The molecule has 1 N–H and O–H groups in total. The molecule has 3 heterocycles. The van der Waals surface area contributed by atoms with Crippen LogP contribution in [0.2, 0.25) is 0 Å². The summed E-state index contributed by atoms with van der Waals surface area (Å²) in [4.78, 5) is 10.8. The van der Waals surface area contributed by atoms with E-state index in [1.54, 1.807) is 12.1 Å². The third kappa shape index (κ3) is 2.92. The number of piperidine rings is 1. The van der Waals surface area contributed by atoms with Crippen LogP contribution >= 0.6 is 0 Å². The lowest BCUT2D eigenvalue weighted by Gasteiger charge is -2.48. The summed E-state index contributed by atoms with van der Waals surface area (Å²) in [5, 5.41) is 4.04. The van der Waals surface area contributed by atoms with Gasteiger partial charge < -0.3 is 10.2 Å². The van der Waals surface area contributed by atoms with E-state index >= 15 is 0 Å². The maximum atomic E-state index is 12.7. The van der Waals surface area contributed by atoms with Crippen molar-refractivity contribution in [3.63, 3.8) is 0 Å². The first-order valence-electron chi connectivity index (χ1n) is 8.20. The highest BCUT2D eigenvalue weighted by Gasteiger charge is 2.40. The highest BCUT2D eigenvalue weighted by Crippen LogP contribution is 2.37. The third-order valence-electron chi connectivity index (χ3n) is 5.21. The Morgan fingerprint density at radius 1 is 1.12 bits per heavy atom. The molecule has 2 aromatic rings. The van der Waals surface area contributed by atoms with Crippen LogP contribution in [0.5, 0.6) is 0 Å². The van der Waals surface area contributed by atoms with Gasteiger partial charge in [-0.1, -0.05) is 6.07 Å². The van der Waals surface area contributed by atoms with Crippen LogP contribution in [0.3, 0.4) is 0 Å². The Labute approximate surface area is 138 Å². The van der Waals surface area contributed by atoms with Gasteiger partial charge in [0.1, 0.15) is 12.1 Å².